The summed E-state index contributed by atoms with van der Waals surface area (Å²) < 4.78 is 6.15. The summed E-state index contributed by atoms with van der Waals surface area (Å²) >= 11 is 3.35. The van der Waals surface area contributed by atoms with Crippen LogP contribution in [0.1, 0.15) is 39.4 Å². The molecule has 2 rings (SSSR count). The van der Waals surface area contributed by atoms with E-state index in [1.807, 2.05) is 39.8 Å². The van der Waals surface area contributed by atoms with Gasteiger partial charge in [-0.1, -0.05) is 0 Å². The number of nitrogens with one attached hydrogen (secondary N) is 1. The molecule has 2 aromatic rings. The molecule has 0 saturated carbocycles. The standard InChI is InChI=1S/C16H19BrN4O2/c1-10(21-15(22)23-16(2,3)4)13-14(19-8-7-18-13)12-6-5-11(17)9-20-12/h5-10H,1-4H3,(H,21,22). The average Bonchev–Trinajstić information content (AvgIpc) is 2.46. The van der Waals surface area contributed by atoms with Gasteiger partial charge in [0.2, 0.25) is 0 Å². The number of amides is 1. The Kier molecular flexibility index (Phi) is 5.30. The van der Waals surface area contributed by atoms with E-state index in [0.717, 1.165) is 4.47 Å². The molecule has 0 aliphatic rings. The molecule has 0 aliphatic carbocycles. The van der Waals surface area contributed by atoms with Crippen molar-refractivity contribution in [1.82, 2.24) is 20.3 Å². The zero-order chi connectivity index (χ0) is 17.0. The predicted molar refractivity (Wildman–Crippen MR) is 90.7 cm³/mol. The van der Waals surface area contributed by atoms with Crippen molar-refractivity contribution in [3.8, 4) is 11.4 Å². The minimum Gasteiger partial charge on any atom is -0.444 e. The van der Waals surface area contributed by atoms with Crippen LogP contribution in [0.25, 0.3) is 11.4 Å². The molecule has 6 nitrogen and oxygen atoms in total. The van der Waals surface area contributed by atoms with E-state index in [4.69, 9.17) is 4.74 Å². The first-order valence-electron chi connectivity index (χ1n) is 7.18. The summed E-state index contributed by atoms with van der Waals surface area (Å²) in [4.78, 5) is 25.0. The van der Waals surface area contributed by atoms with Gasteiger partial charge in [0.1, 0.15) is 11.3 Å². The zero-order valence-electron chi connectivity index (χ0n) is 13.5. The van der Waals surface area contributed by atoms with E-state index in [9.17, 15) is 4.79 Å². The van der Waals surface area contributed by atoms with E-state index in [0.29, 0.717) is 17.1 Å². The molecule has 0 fully saturated rings. The molecule has 1 N–H and O–H groups in total. The highest BCUT2D eigenvalue weighted by molar-refractivity contribution is 9.10. The molecule has 122 valence electrons. The van der Waals surface area contributed by atoms with Crippen molar-refractivity contribution >= 4 is 22.0 Å². The first-order valence-corrected chi connectivity index (χ1v) is 7.98. The fraction of sp³-hybridized carbons (Fsp3) is 0.375. The van der Waals surface area contributed by atoms with Crippen molar-refractivity contribution in [1.29, 1.82) is 0 Å². The SMILES string of the molecule is CC(NC(=O)OC(C)(C)C)c1nccnc1-c1ccc(Br)cn1. The van der Waals surface area contributed by atoms with Gasteiger partial charge in [0.25, 0.3) is 0 Å². The van der Waals surface area contributed by atoms with Gasteiger partial charge < -0.3 is 10.1 Å². The second-order valence-electron chi connectivity index (χ2n) is 6.02. The number of pyridine rings is 1. The van der Waals surface area contributed by atoms with E-state index < -0.39 is 11.7 Å². The zero-order valence-corrected chi connectivity index (χ0v) is 15.1. The van der Waals surface area contributed by atoms with Gasteiger partial charge >= 0.3 is 6.09 Å². The minimum atomic E-state index is -0.553. The van der Waals surface area contributed by atoms with Crippen molar-refractivity contribution in [2.75, 3.05) is 0 Å². The van der Waals surface area contributed by atoms with Crippen LogP contribution in [0.5, 0.6) is 0 Å². The number of halogens is 1. The van der Waals surface area contributed by atoms with Crippen LogP contribution in [-0.4, -0.2) is 26.6 Å². The van der Waals surface area contributed by atoms with Gasteiger partial charge in [-0.25, -0.2) is 4.79 Å². The molecule has 0 radical (unpaired) electrons. The number of rotatable bonds is 3. The number of alkyl carbamates (subject to hydrolysis) is 1. The normalized spacial score (nSPS) is 12.6. The number of nitrogens with zero attached hydrogens (tertiary/aromatic N) is 3. The molecule has 1 atom stereocenters. The molecule has 23 heavy (non-hydrogen) atoms. The van der Waals surface area contributed by atoms with Crippen LogP contribution in [-0.2, 0) is 4.74 Å². The third-order valence-electron chi connectivity index (χ3n) is 2.84. The smallest absolute Gasteiger partial charge is 0.408 e. The topological polar surface area (TPSA) is 77.0 Å². The Morgan fingerprint density at radius 3 is 2.52 bits per heavy atom. The highest BCUT2D eigenvalue weighted by Crippen LogP contribution is 2.24. The quantitative estimate of drug-likeness (QED) is 0.876. The Labute approximate surface area is 143 Å². The first kappa shape index (κ1) is 17.3. The van der Waals surface area contributed by atoms with Crippen molar-refractivity contribution in [3.63, 3.8) is 0 Å². The maximum Gasteiger partial charge on any atom is 0.408 e. The van der Waals surface area contributed by atoms with Gasteiger partial charge in [0.05, 0.1) is 17.4 Å². The summed E-state index contributed by atoms with van der Waals surface area (Å²) in [5, 5.41) is 2.77. The van der Waals surface area contributed by atoms with Gasteiger partial charge in [-0.15, -0.1) is 0 Å². The second kappa shape index (κ2) is 7.04. The molecular weight excluding hydrogens is 360 g/mol. The molecule has 0 bridgehead atoms. The van der Waals surface area contributed by atoms with Gasteiger partial charge in [-0.3, -0.25) is 15.0 Å². The lowest BCUT2D eigenvalue weighted by Gasteiger charge is -2.22. The van der Waals surface area contributed by atoms with Crippen LogP contribution in [0.15, 0.2) is 35.2 Å². The number of carbonyl (C=O) groups is 1. The van der Waals surface area contributed by atoms with Crippen LogP contribution < -0.4 is 5.32 Å². The van der Waals surface area contributed by atoms with E-state index in [-0.39, 0.29) is 6.04 Å². The summed E-state index contributed by atoms with van der Waals surface area (Å²) in [5.41, 5.74) is 1.40. The Balaban J connectivity index is 2.23. The van der Waals surface area contributed by atoms with Crippen LogP contribution in [0.3, 0.4) is 0 Å². The second-order valence-corrected chi connectivity index (χ2v) is 6.94. The Morgan fingerprint density at radius 2 is 1.91 bits per heavy atom. The first-order chi connectivity index (χ1) is 10.8. The van der Waals surface area contributed by atoms with Gasteiger partial charge in [0, 0.05) is 23.1 Å². The molecule has 1 amide bonds. The fourth-order valence-electron chi connectivity index (χ4n) is 1.93. The van der Waals surface area contributed by atoms with Gasteiger partial charge in [-0.05, 0) is 55.8 Å². The summed E-state index contributed by atoms with van der Waals surface area (Å²) in [6.45, 7) is 7.28. The van der Waals surface area contributed by atoms with Crippen LogP contribution >= 0.6 is 15.9 Å². The molecule has 2 aromatic heterocycles. The van der Waals surface area contributed by atoms with Gasteiger partial charge in [0.15, 0.2) is 0 Å². The molecule has 0 spiro atoms. The average molecular weight is 379 g/mol. The van der Waals surface area contributed by atoms with E-state index >= 15 is 0 Å². The van der Waals surface area contributed by atoms with E-state index in [2.05, 4.69) is 36.2 Å². The number of hydrogen-bond donors (Lipinski definition) is 1. The number of carbonyl (C=O) groups excluding carboxylic acids is 1. The lowest BCUT2D eigenvalue weighted by atomic mass is 10.1. The van der Waals surface area contributed by atoms with E-state index in [1.54, 1.807) is 18.6 Å². The predicted octanol–water partition coefficient (Wildman–Crippen LogP) is 3.89. The Hall–Kier alpha value is -2.02. The molecule has 0 saturated heterocycles. The Bertz CT molecular complexity index is 683. The lowest BCUT2D eigenvalue weighted by Crippen LogP contribution is -2.34. The van der Waals surface area contributed by atoms with Crippen molar-refractivity contribution in [2.45, 2.75) is 39.3 Å². The third-order valence-corrected chi connectivity index (χ3v) is 3.31. The maximum absolute atomic E-state index is 11.9. The maximum atomic E-state index is 11.9. The number of hydrogen-bond acceptors (Lipinski definition) is 5. The summed E-state index contributed by atoms with van der Waals surface area (Å²) in [7, 11) is 0. The minimum absolute atomic E-state index is 0.362. The molecule has 7 heteroatoms. The third kappa shape index (κ3) is 4.99. The monoisotopic (exact) mass is 378 g/mol. The summed E-state index contributed by atoms with van der Waals surface area (Å²) in [6, 6.07) is 3.36. The van der Waals surface area contributed by atoms with Crippen molar-refractivity contribution in [3.05, 3.63) is 40.9 Å². The number of aromatic nitrogens is 3. The molecule has 0 aromatic carbocycles. The fourth-order valence-corrected chi connectivity index (χ4v) is 2.17. The van der Waals surface area contributed by atoms with Crippen LogP contribution in [0.2, 0.25) is 0 Å². The highest BCUT2D eigenvalue weighted by Gasteiger charge is 2.21. The summed E-state index contributed by atoms with van der Waals surface area (Å²) in [5.74, 6) is 0. The van der Waals surface area contributed by atoms with Crippen LogP contribution in [0, 0.1) is 0 Å². The van der Waals surface area contributed by atoms with Crippen LogP contribution in [0.4, 0.5) is 4.79 Å². The molecule has 0 aliphatic heterocycles. The largest absolute Gasteiger partial charge is 0.444 e. The molecule has 1 unspecified atom stereocenters. The van der Waals surface area contributed by atoms with Crippen molar-refractivity contribution < 1.29 is 9.53 Å². The lowest BCUT2D eigenvalue weighted by molar-refractivity contribution is 0.0507. The highest BCUT2D eigenvalue weighted by atomic mass is 79.9. The van der Waals surface area contributed by atoms with Gasteiger partial charge in [-0.2, -0.15) is 0 Å². The molecular formula is C16H19BrN4O2. The van der Waals surface area contributed by atoms with E-state index in [1.165, 1.54) is 0 Å². The number of ether oxygens (including phenoxy) is 1. The molecule has 2 heterocycles. The van der Waals surface area contributed by atoms with Crippen molar-refractivity contribution in [2.24, 2.45) is 0 Å². The summed E-state index contributed by atoms with van der Waals surface area (Å²) in [6.07, 6.45) is 4.39. The Morgan fingerprint density at radius 1 is 1.22 bits per heavy atom.